The van der Waals surface area contributed by atoms with Gasteiger partial charge in [0.15, 0.2) is 12.4 Å². The van der Waals surface area contributed by atoms with Crippen molar-refractivity contribution >= 4 is 17.7 Å². The van der Waals surface area contributed by atoms with Crippen molar-refractivity contribution in [2.75, 3.05) is 6.61 Å². The average Bonchev–Trinajstić information content (AvgIpc) is 2.71. The summed E-state index contributed by atoms with van der Waals surface area (Å²) in [5.41, 5.74) is 1.88. The predicted molar refractivity (Wildman–Crippen MR) is 78.4 cm³/mol. The molecular weight excluding hydrogens is 272 g/mol. The summed E-state index contributed by atoms with van der Waals surface area (Å²) in [5, 5.41) is 2.71. The van der Waals surface area contributed by atoms with Crippen LogP contribution in [0.5, 0.6) is 0 Å². The number of carbonyl (C=O) groups is 3. The standard InChI is InChI=1S/C15H22N2O4/c1-6-8(2)16-12(19)7-21-15(20)14-9(3)13(11(5)18)10(4)17-14/h8,17H,6-7H2,1-5H3,(H,16,19)/t8-/m1/s1. The highest BCUT2D eigenvalue weighted by molar-refractivity contribution is 6.01. The lowest BCUT2D eigenvalue weighted by atomic mass is 10.1. The van der Waals surface area contributed by atoms with E-state index in [9.17, 15) is 14.4 Å². The molecule has 0 fully saturated rings. The van der Waals surface area contributed by atoms with Crippen molar-refractivity contribution in [3.63, 3.8) is 0 Å². The molecule has 1 aromatic heterocycles. The maximum atomic E-state index is 12.0. The van der Waals surface area contributed by atoms with Crippen molar-refractivity contribution in [3.8, 4) is 0 Å². The van der Waals surface area contributed by atoms with E-state index in [1.54, 1.807) is 13.8 Å². The van der Waals surface area contributed by atoms with Gasteiger partial charge in [0.25, 0.3) is 5.91 Å². The summed E-state index contributed by atoms with van der Waals surface area (Å²) >= 11 is 0. The molecule has 116 valence electrons. The normalized spacial score (nSPS) is 11.9. The van der Waals surface area contributed by atoms with Crippen molar-refractivity contribution in [1.29, 1.82) is 0 Å². The number of Topliss-reactive ketones (excluding diaryl/α,β-unsaturated/α-hetero) is 1. The SMILES string of the molecule is CC[C@@H](C)NC(=O)COC(=O)c1[nH]c(C)c(C(C)=O)c1C. The van der Waals surface area contributed by atoms with Crippen molar-refractivity contribution < 1.29 is 19.1 Å². The lowest BCUT2D eigenvalue weighted by Gasteiger charge is -2.11. The number of ether oxygens (including phenoxy) is 1. The number of esters is 1. The average molecular weight is 294 g/mol. The van der Waals surface area contributed by atoms with Crippen LogP contribution in [0.2, 0.25) is 0 Å². The first-order valence-electron chi connectivity index (χ1n) is 6.94. The Morgan fingerprint density at radius 1 is 1.29 bits per heavy atom. The largest absolute Gasteiger partial charge is 0.451 e. The maximum absolute atomic E-state index is 12.0. The summed E-state index contributed by atoms with van der Waals surface area (Å²) in [6, 6.07) is 0.0370. The quantitative estimate of drug-likeness (QED) is 0.619. The van der Waals surface area contributed by atoms with Crippen LogP contribution in [0.1, 0.15) is 59.3 Å². The van der Waals surface area contributed by atoms with Gasteiger partial charge in [-0.05, 0) is 39.7 Å². The molecule has 6 nitrogen and oxygen atoms in total. The van der Waals surface area contributed by atoms with Gasteiger partial charge in [-0.3, -0.25) is 9.59 Å². The lowest BCUT2D eigenvalue weighted by Crippen LogP contribution is -2.35. The topological polar surface area (TPSA) is 88.3 Å². The molecule has 21 heavy (non-hydrogen) atoms. The number of amides is 1. The molecule has 0 aromatic carbocycles. The number of rotatable bonds is 6. The molecular formula is C15H22N2O4. The van der Waals surface area contributed by atoms with Crippen LogP contribution >= 0.6 is 0 Å². The van der Waals surface area contributed by atoms with Crippen LogP contribution in [0.4, 0.5) is 0 Å². The molecule has 0 aliphatic rings. The molecule has 1 amide bonds. The number of hydrogen-bond acceptors (Lipinski definition) is 4. The molecule has 0 aliphatic heterocycles. The van der Waals surface area contributed by atoms with Gasteiger partial charge in [0.1, 0.15) is 5.69 Å². The highest BCUT2D eigenvalue weighted by Gasteiger charge is 2.21. The van der Waals surface area contributed by atoms with E-state index in [4.69, 9.17) is 4.74 Å². The number of aryl methyl sites for hydroxylation is 1. The zero-order valence-electron chi connectivity index (χ0n) is 13.1. The van der Waals surface area contributed by atoms with Gasteiger partial charge < -0.3 is 15.0 Å². The van der Waals surface area contributed by atoms with Gasteiger partial charge in [0.05, 0.1) is 0 Å². The monoisotopic (exact) mass is 294 g/mol. The van der Waals surface area contributed by atoms with Gasteiger partial charge in [0, 0.05) is 17.3 Å². The summed E-state index contributed by atoms with van der Waals surface area (Å²) in [6.45, 7) is 8.32. The predicted octanol–water partition coefficient (Wildman–Crippen LogP) is 1.91. The van der Waals surface area contributed by atoms with Crippen LogP contribution in [0.25, 0.3) is 0 Å². The third-order valence-electron chi connectivity index (χ3n) is 3.35. The Morgan fingerprint density at radius 2 is 1.90 bits per heavy atom. The molecule has 0 unspecified atom stereocenters. The van der Waals surface area contributed by atoms with E-state index >= 15 is 0 Å². The number of hydrogen-bond donors (Lipinski definition) is 2. The summed E-state index contributed by atoms with van der Waals surface area (Å²) in [4.78, 5) is 37.9. The number of aromatic nitrogens is 1. The van der Waals surface area contributed by atoms with Crippen LogP contribution in [0, 0.1) is 13.8 Å². The summed E-state index contributed by atoms with van der Waals surface area (Å²) in [6.07, 6.45) is 0.802. The first-order chi connectivity index (χ1) is 9.77. The summed E-state index contributed by atoms with van der Waals surface area (Å²) < 4.78 is 4.97. The second-order valence-corrected chi connectivity index (χ2v) is 5.13. The maximum Gasteiger partial charge on any atom is 0.355 e. The summed E-state index contributed by atoms with van der Waals surface area (Å²) in [7, 11) is 0. The van der Waals surface area contributed by atoms with E-state index in [0.717, 1.165) is 6.42 Å². The van der Waals surface area contributed by atoms with Gasteiger partial charge in [-0.2, -0.15) is 0 Å². The zero-order chi connectivity index (χ0) is 16.2. The highest BCUT2D eigenvalue weighted by Crippen LogP contribution is 2.19. The third-order valence-corrected chi connectivity index (χ3v) is 3.35. The van der Waals surface area contributed by atoms with Crippen molar-refractivity contribution in [3.05, 3.63) is 22.5 Å². The Hall–Kier alpha value is -2.11. The molecule has 0 spiro atoms. The molecule has 2 N–H and O–H groups in total. The minimum atomic E-state index is -0.637. The minimum Gasteiger partial charge on any atom is -0.451 e. The highest BCUT2D eigenvalue weighted by atomic mass is 16.5. The van der Waals surface area contributed by atoms with Gasteiger partial charge in [-0.25, -0.2) is 4.79 Å². The smallest absolute Gasteiger partial charge is 0.355 e. The van der Waals surface area contributed by atoms with Crippen LogP contribution < -0.4 is 5.32 Å². The van der Waals surface area contributed by atoms with Crippen molar-refractivity contribution in [2.45, 2.75) is 47.1 Å². The second kappa shape index (κ2) is 7.06. The Labute approximate surface area is 124 Å². The molecule has 1 rings (SSSR count). The second-order valence-electron chi connectivity index (χ2n) is 5.13. The molecule has 6 heteroatoms. The minimum absolute atomic E-state index is 0.0370. The number of H-pyrrole nitrogens is 1. The first-order valence-corrected chi connectivity index (χ1v) is 6.94. The zero-order valence-corrected chi connectivity index (χ0v) is 13.1. The fourth-order valence-electron chi connectivity index (χ4n) is 2.10. The Morgan fingerprint density at radius 3 is 2.38 bits per heavy atom. The molecule has 0 saturated carbocycles. The van der Waals surface area contributed by atoms with Crippen LogP contribution in [0.15, 0.2) is 0 Å². The van der Waals surface area contributed by atoms with E-state index in [2.05, 4.69) is 10.3 Å². The Bertz CT molecular complexity index is 560. The molecule has 1 aromatic rings. The number of ketones is 1. The van der Waals surface area contributed by atoms with E-state index < -0.39 is 5.97 Å². The van der Waals surface area contributed by atoms with E-state index in [-0.39, 0.29) is 30.0 Å². The number of nitrogens with one attached hydrogen (secondary N) is 2. The third kappa shape index (κ3) is 4.18. The number of aromatic amines is 1. The van der Waals surface area contributed by atoms with Gasteiger partial charge in [-0.1, -0.05) is 6.92 Å². The van der Waals surface area contributed by atoms with E-state index in [1.807, 2.05) is 13.8 Å². The first kappa shape index (κ1) is 16.9. The molecule has 0 radical (unpaired) electrons. The summed E-state index contributed by atoms with van der Waals surface area (Å²) in [5.74, 6) is -1.09. The van der Waals surface area contributed by atoms with Crippen LogP contribution in [0.3, 0.4) is 0 Å². The van der Waals surface area contributed by atoms with Gasteiger partial charge in [0.2, 0.25) is 0 Å². The van der Waals surface area contributed by atoms with Crippen molar-refractivity contribution in [1.82, 2.24) is 10.3 Å². The van der Waals surface area contributed by atoms with Gasteiger partial charge in [-0.15, -0.1) is 0 Å². The fourth-order valence-corrected chi connectivity index (χ4v) is 2.10. The van der Waals surface area contributed by atoms with Crippen LogP contribution in [-0.4, -0.2) is 35.3 Å². The molecule has 0 saturated heterocycles. The number of carbonyl (C=O) groups excluding carboxylic acids is 3. The van der Waals surface area contributed by atoms with E-state index in [0.29, 0.717) is 16.8 Å². The molecule has 1 atom stereocenters. The lowest BCUT2D eigenvalue weighted by molar-refractivity contribution is -0.124. The molecule has 0 bridgehead atoms. The Kier molecular flexibility index (Phi) is 5.69. The molecule has 0 aliphatic carbocycles. The van der Waals surface area contributed by atoms with Crippen LogP contribution in [-0.2, 0) is 9.53 Å². The van der Waals surface area contributed by atoms with Gasteiger partial charge >= 0.3 is 5.97 Å². The van der Waals surface area contributed by atoms with E-state index in [1.165, 1.54) is 6.92 Å². The Balaban J connectivity index is 2.71. The fraction of sp³-hybridized carbons (Fsp3) is 0.533. The van der Waals surface area contributed by atoms with Crippen molar-refractivity contribution in [2.24, 2.45) is 0 Å². The molecule has 1 heterocycles.